The number of hydrogen-bond acceptors (Lipinski definition) is 6. The molecule has 0 aliphatic heterocycles. The number of thioether (sulfide) groups is 2. The number of unbranched alkanes of at least 4 members (excludes halogenated alkanes) is 5. The summed E-state index contributed by atoms with van der Waals surface area (Å²) in [4.78, 5) is 16.9. The third-order valence-corrected chi connectivity index (χ3v) is 7.80. The van der Waals surface area contributed by atoms with Crippen LogP contribution in [0.1, 0.15) is 73.1 Å². The summed E-state index contributed by atoms with van der Waals surface area (Å²) in [5, 5.41) is 0. The van der Waals surface area contributed by atoms with Crippen molar-refractivity contribution in [2.45, 2.75) is 77.7 Å². The minimum absolute atomic E-state index is 0.229. The Morgan fingerprint density at radius 1 is 0.786 bits per heavy atom. The van der Waals surface area contributed by atoms with Crippen LogP contribution < -0.4 is 0 Å². The number of hydrogen-bond donors (Lipinski definition) is 0. The first-order valence-corrected chi connectivity index (χ1v) is 13.1. The van der Waals surface area contributed by atoms with Crippen LogP contribution in [0.5, 0.6) is 0 Å². The highest BCUT2D eigenvalue weighted by molar-refractivity contribution is 8.36. The van der Waals surface area contributed by atoms with Crippen LogP contribution in [-0.4, -0.2) is 61.8 Å². The lowest BCUT2D eigenvalue weighted by molar-refractivity contribution is -0.141. The van der Waals surface area contributed by atoms with E-state index in [1.807, 2.05) is 0 Å². The largest absolute Gasteiger partial charge is 0.464 e. The Bertz CT molecular complexity index is 429. The lowest BCUT2D eigenvalue weighted by Crippen LogP contribution is -2.33. The summed E-state index contributed by atoms with van der Waals surface area (Å²) < 4.78 is 6.56. The number of esters is 1. The van der Waals surface area contributed by atoms with Gasteiger partial charge in [0, 0.05) is 26.2 Å². The summed E-state index contributed by atoms with van der Waals surface area (Å²) in [6.45, 7) is 14.2. The Morgan fingerprint density at radius 2 is 1.21 bits per heavy atom. The monoisotopic (exact) mass is 466 g/mol. The average molecular weight is 467 g/mol. The van der Waals surface area contributed by atoms with Crippen LogP contribution >= 0.6 is 48.0 Å². The molecule has 28 heavy (non-hydrogen) atoms. The highest BCUT2D eigenvalue weighted by Crippen LogP contribution is 2.30. The second kappa shape index (κ2) is 17.8. The van der Waals surface area contributed by atoms with Gasteiger partial charge >= 0.3 is 5.97 Å². The molecule has 0 aromatic carbocycles. The van der Waals surface area contributed by atoms with E-state index in [2.05, 4.69) is 44.4 Å². The van der Waals surface area contributed by atoms with Crippen LogP contribution in [0.15, 0.2) is 0 Å². The number of rotatable bonds is 14. The van der Waals surface area contributed by atoms with Crippen molar-refractivity contribution in [1.29, 1.82) is 0 Å². The molecule has 0 amide bonds. The van der Waals surface area contributed by atoms with Crippen LogP contribution in [0, 0.1) is 0 Å². The second-order valence-electron chi connectivity index (χ2n) is 6.38. The van der Waals surface area contributed by atoms with Gasteiger partial charge < -0.3 is 14.5 Å². The number of nitrogens with zero attached hydrogens (tertiary/aromatic N) is 2. The quantitative estimate of drug-likeness (QED) is 0.135. The molecule has 0 saturated carbocycles. The van der Waals surface area contributed by atoms with Gasteiger partial charge in [-0.15, -0.1) is 0 Å². The summed E-state index contributed by atoms with van der Waals surface area (Å²) in [6.07, 6.45) is 7.00. The Balaban J connectivity index is 4.75. The van der Waals surface area contributed by atoms with Gasteiger partial charge in [-0.3, -0.25) is 0 Å². The molecule has 0 N–H and O–H groups in total. The van der Waals surface area contributed by atoms with E-state index in [4.69, 9.17) is 29.2 Å². The fourth-order valence-electron chi connectivity index (χ4n) is 2.54. The van der Waals surface area contributed by atoms with Crippen LogP contribution in [0.2, 0.25) is 0 Å². The smallest absolute Gasteiger partial charge is 0.330 e. The summed E-state index contributed by atoms with van der Waals surface area (Å²) in [5.41, 5.74) is 0. The van der Waals surface area contributed by atoms with E-state index in [1.165, 1.54) is 49.2 Å². The molecule has 8 heteroatoms. The average Bonchev–Trinajstić information content (AvgIpc) is 2.68. The minimum atomic E-state index is -0.457. The topological polar surface area (TPSA) is 32.8 Å². The molecule has 0 bridgehead atoms. The predicted molar refractivity (Wildman–Crippen MR) is 134 cm³/mol. The van der Waals surface area contributed by atoms with Crippen molar-refractivity contribution in [3.63, 3.8) is 0 Å². The molecule has 0 aliphatic carbocycles. The van der Waals surface area contributed by atoms with Gasteiger partial charge in [0.05, 0.1) is 6.61 Å². The first kappa shape index (κ1) is 27.9. The van der Waals surface area contributed by atoms with E-state index >= 15 is 0 Å². The normalized spacial score (nSPS) is 10.8. The molecule has 0 saturated heterocycles. The predicted octanol–water partition coefficient (Wildman–Crippen LogP) is 5.94. The van der Waals surface area contributed by atoms with Crippen molar-refractivity contribution in [2.75, 3.05) is 32.8 Å². The third kappa shape index (κ3) is 11.8. The van der Waals surface area contributed by atoms with E-state index in [0.717, 1.165) is 47.7 Å². The molecule has 0 fully saturated rings. The maximum atomic E-state index is 12.7. The standard InChI is InChI=1S/C20H38N2O2S4/c1-6-11-12-13-14-15-16-24-17(23)18(27-19(25)21(7-2)8-3)28-20(26)22(9-4)10-5/h18H,6-16H2,1-5H3. The van der Waals surface area contributed by atoms with E-state index in [1.54, 1.807) is 0 Å². The molecule has 0 spiro atoms. The fraction of sp³-hybridized carbons (Fsp3) is 0.850. The highest BCUT2D eigenvalue weighted by atomic mass is 32.2. The zero-order valence-corrected chi connectivity index (χ0v) is 21.5. The Labute approximate surface area is 191 Å². The number of thiocarbonyl (C=S) groups is 2. The summed E-state index contributed by atoms with van der Waals surface area (Å²) in [5.74, 6) is -0.229. The van der Waals surface area contributed by atoms with Crippen molar-refractivity contribution >= 4 is 62.6 Å². The van der Waals surface area contributed by atoms with Crippen molar-refractivity contribution in [3.8, 4) is 0 Å². The van der Waals surface area contributed by atoms with Gasteiger partial charge in [-0.1, -0.05) is 87.0 Å². The molecule has 0 atom stereocenters. The fourth-order valence-corrected chi connectivity index (χ4v) is 6.25. The van der Waals surface area contributed by atoms with Gasteiger partial charge in [0.25, 0.3) is 0 Å². The minimum Gasteiger partial charge on any atom is -0.464 e. The molecule has 4 nitrogen and oxygen atoms in total. The van der Waals surface area contributed by atoms with E-state index in [-0.39, 0.29) is 5.97 Å². The molecule has 0 aromatic rings. The summed E-state index contributed by atoms with van der Waals surface area (Å²) >= 11 is 13.9. The van der Waals surface area contributed by atoms with Crippen LogP contribution in [-0.2, 0) is 9.53 Å². The third-order valence-electron chi connectivity index (χ3n) is 4.39. The van der Waals surface area contributed by atoms with Crippen LogP contribution in [0.4, 0.5) is 0 Å². The van der Waals surface area contributed by atoms with Gasteiger partial charge in [0.1, 0.15) is 8.64 Å². The van der Waals surface area contributed by atoms with Gasteiger partial charge in [0.2, 0.25) is 0 Å². The van der Waals surface area contributed by atoms with Crippen LogP contribution in [0.3, 0.4) is 0 Å². The van der Waals surface area contributed by atoms with Crippen LogP contribution in [0.25, 0.3) is 0 Å². The van der Waals surface area contributed by atoms with Gasteiger partial charge in [-0.2, -0.15) is 0 Å². The lowest BCUT2D eigenvalue weighted by atomic mass is 10.1. The lowest BCUT2D eigenvalue weighted by Gasteiger charge is -2.26. The van der Waals surface area contributed by atoms with Gasteiger partial charge in [0.15, 0.2) is 4.58 Å². The molecule has 0 radical (unpaired) electrons. The zero-order valence-electron chi connectivity index (χ0n) is 18.2. The second-order valence-corrected chi connectivity index (χ2v) is 10.2. The number of ether oxygens (including phenoxy) is 1. The van der Waals surface area contributed by atoms with Crippen molar-refractivity contribution in [2.24, 2.45) is 0 Å². The maximum Gasteiger partial charge on any atom is 0.330 e. The van der Waals surface area contributed by atoms with E-state index < -0.39 is 4.58 Å². The first-order valence-electron chi connectivity index (χ1n) is 10.5. The van der Waals surface area contributed by atoms with Crippen molar-refractivity contribution < 1.29 is 9.53 Å². The first-order chi connectivity index (χ1) is 13.4. The zero-order chi connectivity index (χ0) is 21.4. The number of carbonyl (C=O) groups is 1. The van der Waals surface area contributed by atoms with Gasteiger partial charge in [-0.25, -0.2) is 4.79 Å². The summed E-state index contributed by atoms with van der Waals surface area (Å²) in [6, 6.07) is 0. The SMILES string of the molecule is CCCCCCCCOC(=O)C(SC(=S)N(CC)CC)SC(=S)N(CC)CC. The molecule has 0 heterocycles. The number of carbonyl (C=O) groups excluding carboxylic acids is 1. The molecule has 0 rings (SSSR count). The van der Waals surface area contributed by atoms with Gasteiger partial charge in [-0.05, 0) is 34.1 Å². The molecular formula is C20H38N2O2S4. The Morgan fingerprint density at radius 3 is 1.64 bits per heavy atom. The molecular weight excluding hydrogens is 429 g/mol. The molecule has 0 unspecified atom stereocenters. The van der Waals surface area contributed by atoms with E-state index in [9.17, 15) is 4.79 Å². The van der Waals surface area contributed by atoms with E-state index in [0.29, 0.717) is 6.61 Å². The molecule has 0 aliphatic rings. The maximum absolute atomic E-state index is 12.7. The summed E-state index contributed by atoms with van der Waals surface area (Å²) in [7, 11) is 0. The molecule has 164 valence electrons. The van der Waals surface area contributed by atoms with Crippen molar-refractivity contribution in [3.05, 3.63) is 0 Å². The van der Waals surface area contributed by atoms with Crippen molar-refractivity contribution in [1.82, 2.24) is 9.80 Å². The Kier molecular flexibility index (Phi) is 17.7. The Hall–Kier alpha value is -0.0500. The highest BCUT2D eigenvalue weighted by Gasteiger charge is 2.27. The molecule has 0 aromatic heterocycles.